The van der Waals surface area contributed by atoms with E-state index in [0.717, 1.165) is 30.0 Å². The molecule has 3 aliphatic heterocycles. The van der Waals surface area contributed by atoms with Gasteiger partial charge in [-0.05, 0) is 37.1 Å². The van der Waals surface area contributed by atoms with Gasteiger partial charge in [0.25, 0.3) is 15.9 Å². The van der Waals surface area contributed by atoms with E-state index >= 15 is 0 Å². The summed E-state index contributed by atoms with van der Waals surface area (Å²) in [4.78, 5) is 19.0. The zero-order chi connectivity index (χ0) is 20.7. The Balaban J connectivity index is 1.28. The Morgan fingerprint density at radius 3 is 2.70 bits per heavy atom. The zero-order valence-electron chi connectivity index (χ0n) is 16.3. The molecule has 2 aromatic rings. The third-order valence-electron chi connectivity index (χ3n) is 5.43. The van der Waals surface area contributed by atoms with Gasteiger partial charge in [-0.15, -0.1) is 4.40 Å². The van der Waals surface area contributed by atoms with Crippen molar-refractivity contribution in [3.05, 3.63) is 60.2 Å². The number of rotatable bonds is 3. The van der Waals surface area contributed by atoms with Gasteiger partial charge in [0.05, 0.1) is 17.0 Å². The van der Waals surface area contributed by atoms with Crippen molar-refractivity contribution in [1.29, 1.82) is 0 Å². The van der Waals surface area contributed by atoms with Crippen LogP contribution in [0, 0.1) is 0 Å². The van der Waals surface area contributed by atoms with Crippen LogP contribution < -0.4 is 5.32 Å². The molecular formula is C21H21N5O3S. The highest BCUT2D eigenvalue weighted by Gasteiger charge is 2.25. The van der Waals surface area contributed by atoms with Crippen LogP contribution in [0.3, 0.4) is 0 Å². The molecule has 8 nitrogen and oxygen atoms in total. The molecule has 0 spiro atoms. The van der Waals surface area contributed by atoms with Crippen molar-refractivity contribution in [2.45, 2.75) is 25.8 Å². The van der Waals surface area contributed by atoms with E-state index in [-0.39, 0.29) is 18.2 Å². The van der Waals surface area contributed by atoms with E-state index in [1.165, 1.54) is 12.8 Å². The number of sulfonamides is 1. The fourth-order valence-electron chi connectivity index (χ4n) is 3.81. The van der Waals surface area contributed by atoms with Crippen molar-refractivity contribution in [1.82, 2.24) is 14.5 Å². The summed E-state index contributed by atoms with van der Waals surface area (Å²) in [6.07, 6.45) is 10.3. The number of aromatic nitrogens is 2. The summed E-state index contributed by atoms with van der Waals surface area (Å²) in [6.45, 7) is 1.31. The topological polar surface area (TPSA) is 96.7 Å². The number of carbonyl (C=O) groups excluding carboxylic acids is 1. The number of hydrogen-bond donors (Lipinski definition) is 1. The van der Waals surface area contributed by atoms with Crippen LogP contribution in [0.1, 0.15) is 18.7 Å². The van der Waals surface area contributed by atoms with Gasteiger partial charge in [-0.25, -0.2) is 13.4 Å². The lowest BCUT2D eigenvalue weighted by molar-refractivity contribution is -0.112. The molecule has 0 bridgehead atoms. The first-order valence-electron chi connectivity index (χ1n) is 9.94. The number of benzene rings is 1. The lowest BCUT2D eigenvalue weighted by Gasteiger charge is -2.26. The third kappa shape index (κ3) is 3.68. The summed E-state index contributed by atoms with van der Waals surface area (Å²) in [6, 6.07) is 7.63. The van der Waals surface area contributed by atoms with E-state index in [4.69, 9.17) is 4.98 Å². The van der Waals surface area contributed by atoms with Gasteiger partial charge < -0.3 is 14.8 Å². The molecule has 1 aromatic heterocycles. The number of imidazole rings is 1. The summed E-state index contributed by atoms with van der Waals surface area (Å²) in [5, 5.41) is 2.88. The first-order chi connectivity index (χ1) is 14.5. The van der Waals surface area contributed by atoms with E-state index in [1.807, 2.05) is 24.3 Å². The fraction of sp³-hybridized carbons (Fsp3) is 0.286. The molecule has 3 aliphatic rings. The molecule has 0 aliphatic carbocycles. The number of nitrogens with one attached hydrogen (secondary N) is 1. The first kappa shape index (κ1) is 18.8. The van der Waals surface area contributed by atoms with Crippen LogP contribution in [-0.2, 0) is 27.8 Å². The number of hydrogen-bond acceptors (Lipinski definition) is 5. The second-order valence-corrected chi connectivity index (χ2v) is 9.33. The standard InChI is InChI=1S/C21H21N5O3S/c27-21(16-6-9-20-24-30(28,29)12-11-26(20)13-16)22-17-7-4-15(5-8-17)18-14-25-10-2-1-3-19(25)23-18/h4-9,13-14H,1-3,10-12H2,(H,22,27). The average Bonchev–Trinajstić information content (AvgIpc) is 3.17. The number of amidine groups is 1. The summed E-state index contributed by atoms with van der Waals surface area (Å²) < 4.78 is 29.1. The largest absolute Gasteiger partial charge is 0.334 e. The Morgan fingerprint density at radius 1 is 1.07 bits per heavy atom. The van der Waals surface area contributed by atoms with Crippen molar-refractivity contribution in [3.63, 3.8) is 0 Å². The summed E-state index contributed by atoms with van der Waals surface area (Å²) in [7, 11) is -3.41. The fourth-order valence-corrected chi connectivity index (χ4v) is 4.78. The van der Waals surface area contributed by atoms with Gasteiger partial charge in [0, 0.05) is 43.2 Å². The predicted molar refractivity (Wildman–Crippen MR) is 114 cm³/mol. The Bertz CT molecular complexity index is 1180. The highest BCUT2D eigenvalue weighted by molar-refractivity contribution is 7.90. The number of nitrogens with zero attached hydrogens (tertiary/aromatic N) is 4. The molecule has 1 amide bonds. The third-order valence-corrected chi connectivity index (χ3v) is 6.60. The van der Waals surface area contributed by atoms with Gasteiger partial charge in [-0.2, -0.15) is 0 Å². The van der Waals surface area contributed by atoms with E-state index in [0.29, 0.717) is 17.1 Å². The molecule has 1 N–H and O–H groups in total. The lowest BCUT2D eigenvalue weighted by Crippen LogP contribution is -2.37. The average molecular weight is 423 g/mol. The van der Waals surface area contributed by atoms with Crippen LogP contribution in [-0.4, -0.2) is 46.9 Å². The summed E-state index contributed by atoms with van der Waals surface area (Å²) in [5.41, 5.74) is 3.10. The van der Waals surface area contributed by atoms with Crippen LogP contribution in [0.5, 0.6) is 0 Å². The van der Waals surface area contributed by atoms with E-state index in [2.05, 4.69) is 20.5 Å². The van der Waals surface area contributed by atoms with Gasteiger partial charge in [0.15, 0.2) is 0 Å². The summed E-state index contributed by atoms with van der Waals surface area (Å²) >= 11 is 0. The van der Waals surface area contributed by atoms with Gasteiger partial charge in [0.2, 0.25) is 0 Å². The van der Waals surface area contributed by atoms with E-state index in [1.54, 1.807) is 23.3 Å². The number of aryl methyl sites for hydroxylation is 2. The Labute approximate surface area is 174 Å². The maximum absolute atomic E-state index is 12.6. The monoisotopic (exact) mass is 423 g/mol. The molecule has 0 fully saturated rings. The van der Waals surface area contributed by atoms with Crippen LogP contribution in [0.2, 0.25) is 0 Å². The molecule has 0 radical (unpaired) electrons. The SMILES string of the molecule is O=C(Nc1ccc(-c2cn3c(n2)CCCC3)cc1)C1=CN2CCS(=O)(=O)N=C2C=C1. The van der Waals surface area contributed by atoms with Gasteiger partial charge >= 0.3 is 0 Å². The Kier molecular flexibility index (Phi) is 4.54. The molecule has 9 heteroatoms. The molecule has 5 rings (SSSR count). The number of carbonyl (C=O) groups is 1. The zero-order valence-corrected chi connectivity index (χ0v) is 17.1. The number of amides is 1. The van der Waals surface area contributed by atoms with Crippen molar-refractivity contribution in [3.8, 4) is 11.3 Å². The van der Waals surface area contributed by atoms with Gasteiger partial charge in [-0.1, -0.05) is 12.1 Å². The minimum absolute atomic E-state index is 0.0608. The highest BCUT2D eigenvalue weighted by Crippen LogP contribution is 2.24. The molecule has 30 heavy (non-hydrogen) atoms. The Hall–Kier alpha value is -3.20. The second-order valence-electron chi connectivity index (χ2n) is 7.57. The van der Waals surface area contributed by atoms with Crippen LogP contribution in [0.25, 0.3) is 11.3 Å². The highest BCUT2D eigenvalue weighted by atomic mass is 32.2. The predicted octanol–water partition coefficient (Wildman–Crippen LogP) is 2.32. The molecule has 154 valence electrons. The lowest BCUT2D eigenvalue weighted by atomic mass is 10.1. The van der Waals surface area contributed by atoms with Crippen molar-refractivity contribution < 1.29 is 13.2 Å². The molecule has 4 heterocycles. The van der Waals surface area contributed by atoms with Crippen LogP contribution in [0.4, 0.5) is 5.69 Å². The van der Waals surface area contributed by atoms with E-state index in [9.17, 15) is 13.2 Å². The number of anilines is 1. The van der Waals surface area contributed by atoms with Crippen LogP contribution >= 0.6 is 0 Å². The first-order valence-corrected chi connectivity index (χ1v) is 11.5. The maximum Gasteiger partial charge on any atom is 0.257 e. The minimum Gasteiger partial charge on any atom is -0.334 e. The molecule has 0 atom stereocenters. The normalized spacial score (nSPS) is 19.4. The maximum atomic E-state index is 12.6. The molecule has 0 unspecified atom stereocenters. The smallest absolute Gasteiger partial charge is 0.257 e. The minimum atomic E-state index is -3.41. The van der Waals surface area contributed by atoms with Gasteiger partial charge in [0.1, 0.15) is 11.7 Å². The quantitative estimate of drug-likeness (QED) is 0.817. The van der Waals surface area contributed by atoms with Crippen molar-refractivity contribution in [2.24, 2.45) is 4.40 Å². The molecular weight excluding hydrogens is 402 g/mol. The van der Waals surface area contributed by atoms with Crippen molar-refractivity contribution >= 4 is 27.5 Å². The molecule has 0 saturated carbocycles. The molecule has 1 aromatic carbocycles. The van der Waals surface area contributed by atoms with Crippen LogP contribution in [0.15, 0.2) is 58.8 Å². The molecule has 0 saturated heterocycles. The Morgan fingerprint density at radius 2 is 1.90 bits per heavy atom. The van der Waals surface area contributed by atoms with Crippen molar-refractivity contribution in [2.75, 3.05) is 17.6 Å². The second kappa shape index (κ2) is 7.24. The van der Waals surface area contributed by atoms with E-state index < -0.39 is 10.0 Å². The van der Waals surface area contributed by atoms with Gasteiger partial charge in [-0.3, -0.25) is 4.79 Å². The number of fused-ring (bicyclic) bond motifs is 2. The summed E-state index contributed by atoms with van der Waals surface area (Å²) in [5.74, 6) is 1.15.